The Bertz CT molecular complexity index is 1130. The molecule has 2 atom stereocenters. The van der Waals surface area contributed by atoms with Crippen LogP contribution in [-0.2, 0) is 17.6 Å². The van der Waals surface area contributed by atoms with Crippen LogP contribution < -0.4 is 0 Å². The molecule has 2 unspecified atom stereocenters. The molecule has 0 saturated heterocycles. The van der Waals surface area contributed by atoms with E-state index in [1.165, 1.54) is 29.4 Å². The molecule has 0 spiro atoms. The Morgan fingerprint density at radius 2 is 2.23 bits per heavy atom. The van der Waals surface area contributed by atoms with E-state index < -0.39 is 16.3 Å². The minimum absolute atomic E-state index is 0.248. The molecular weight excluding hydrogens is 414 g/mol. The lowest BCUT2D eigenvalue weighted by atomic mass is 10.3. The molecule has 0 fully saturated rings. The molecule has 0 N–H and O–H groups in total. The zero-order valence-corrected chi connectivity index (χ0v) is 16.5. The molecule has 4 rings (SSSR count). The van der Waals surface area contributed by atoms with E-state index in [4.69, 9.17) is 11.6 Å². The Morgan fingerprint density at radius 1 is 1.38 bits per heavy atom. The first kappa shape index (κ1) is 17.8. The Morgan fingerprint density at radius 3 is 3.00 bits per heavy atom. The van der Waals surface area contributed by atoms with E-state index in [0.717, 1.165) is 14.6 Å². The summed E-state index contributed by atoms with van der Waals surface area (Å²) in [6.45, 7) is 1.89. The summed E-state index contributed by atoms with van der Waals surface area (Å²) < 4.78 is 26.0. The zero-order valence-electron chi connectivity index (χ0n) is 13.3. The fraction of sp³-hybridized carbons (Fsp3) is 0.200. The number of nitrogens with zero attached hydrogens (tertiary/aromatic N) is 5. The molecule has 4 aromatic rings. The second-order valence-corrected chi connectivity index (χ2v) is 9.42. The number of benzene rings is 1. The van der Waals surface area contributed by atoms with E-state index in [0.29, 0.717) is 21.3 Å². The second kappa shape index (κ2) is 7.20. The number of rotatable bonds is 5. The molecule has 3 aromatic heterocycles. The van der Waals surface area contributed by atoms with Crippen molar-refractivity contribution >= 4 is 67.2 Å². The molecule has 0 aliphatic rings. The predicted molar refractivity (Wildman–Crippen MR) is 102 cm³/mol. The molecule has 3 heterocycles. The van der Waals surface area contributed by atoms with Gasteiger partial charge in [0.2, 0.25) is 0 Å². The van der Waals surface area contributed by atoms with Crippen LogP contribution in [0, 0.1) is 0 Å². The monoisotopic (exact) mass is 424 g/mol. The fourth-order valence-electron chi connectivity index (χ4n) is 2.43. The van der Waals surface area contributed by atoms with Crippen molar-refractivity contribution in [3.05, 3.63) is 35.7 Å². The first-order chi connectivity index (χ1) is 12.5. The number of aromatic nitrogens is 5. The van der Waals surface area contributed by atoms with E-state index in [1.54, 1.807) is 17.7 Å². The molecule has 11 heteroatoms. The van der Waals surface area contributed by atoms with Gasteiger partial charge in [0.1, 0.15) is 11.8 Å². The van der Waals surface area contributed by atoms with Crippen LogP contribution in [0.2, 0.25) is 5.02 Å². The van der Waals surface area contributed by atoms with Crippen LogP contribution in [0.25, 0.3) is 21.4 Å². The third kappa shape index (κ3) is 3.35. The minimum Gasteiger partial charge on any atom is -0.772 e. The van der Waals surface area contributed by atoms with Gasteiger partial charge < -0.3 is 9.12 Å². The van der Waals surface area contributed by atoms with Gasteiger partial charge in [-0.2, -0.15) is 0 Å². The molecule has 0 aliphatic carbocycles. The van der Waals surface area contributed by atoms with Gasteiger partial charge in [0.15, 0.2) is 15.1 Å². The number of hydrogen-bond acceptors (Lipinski definition) is 8. The van der Waals surface area contributed by atoms with Gasteiger partial charge in [-0.1, -0.05) is 35.7 Å². The van der Waals surface area contributed by atoms with Crippen LogP contribution in [0.5, 0.6) is 0 Å². The highest BCUT2D eigenvalue weighted by molar-refractivity contribution is 8.01. The van der Waals surface area contributed by atoms with Crippen LogP contribution in [0.4, 0.5) is 0 Å². The van der Waals surface area contributed by atoms with Gasteiger partial charge in [-0.15, -0.1) is 11.3 Å². The van der Waals surface area contributed by atoms with E-state index in [1.807, 2.05) is 18.2 Å². The van der Waals surface area contributed by atoms with E-state index >= 15 is 0 Å². The summed E-state index contributed by atoms with van der Waals surface area (Å²) in [4.78, 5) is 17.4. The average molecular weight is 425 g/mol. The van der Waals surface area contributed by atoms with Crippen LogP contribution in [-0.4, -0.2) is 38.5 Å². The van der Waals surface area contributed by atoms with Crippen molar-refractivity contribution in [3.63, 3.8) is 0 Å². The maximum absolute atomic E-state index is 11.3. The Kier molecular flexibility index (Phi) is 4.93. The molecule has 0 amide bonds. The van der Waals surface area contributed by atoms with Crippen molar-refractivity contribution in [2.45, 2.75) is 28.2 Å². The predicted octanol–water partition coefficient (Wildman–Crippen LogP) is 3.51. The summed E-state index contributed by atoms with van der Waals surface area (Å²) in [6.07, 6.45) is 3.03. The Hall–Kier alpha value is -1.59. The quantitative estimate of drug-likeness (QED) is 0.452. The zero-order chi connectivity index (χ0) is 18.3. The van der Waals surface area contributed by atoms with Crippen molar-refractivity contribution in [2.24, 2.45) is 0 Å². The molecule has 26 heavy (non-hydrogen) atoms. The molecule has 0 saturated carbocycles. The normalized spacial score (nSPS) is 14.1. The van der Waals surface area contributed by atoms with Crippen molar-refractivity contribution in [1.29, 1.82) is 0 Å². The third-order valence-electron chi connectivity index (χ3n) is 3.67. The highest BCUT2D eigenvalue weighted by Crippen LogP contribution is 2.37. The number of imidazole rings is 1. The summed E-state index contributed by atoms with van der Waals surface area (Å²) in [5.74, 6) is 0. The largest absolute Gasteiger partial charge is 0.772 e. The SMILES string of the molecule is CC(Cn1c(Sc2nc3cccc(Cl)c3s2)nc2cncnc21)S(=O)[O-]. The van der Waals surface area contributed by atoms with Gasteiger partial charge >= 0.3 is 0 Å². The average Bonchev–Trinajstić information content (AvgIpc) is 3.17. The summed E-state index contributed by atoms with van der Waals surface area (Å²) in [6, 6.07) is 5.58. The molecule has 134 valence electrons. The first-order valence-electron chi connectivity index (χ1n) is 7.50. The van der Waals surface area contributed by atoms with Gasteiger partial charge in [0.05, 0.1) is 21.4 Å². The highest BCUT2D eigenvalue weighted by Gasteiger charge is 2.18. The van der Waals surface area contributed by atoms with Gasteiger partial charge in [-0.3, -0.25) is 4.21 Å². The maximum atomic E-state index is 11.3. The lowest BCUT2D eigenvalue weighted by Crippen LogP contribution is -2.18. The number of thiazole rings is 1. The van der Waals surface area contributed by atoms with Gasteiger partial charge in [-0.25, -0.2) is 19.9 Å². The molecule has 0 radical (unpaired) electrons. The van der Waals surface area contributed by atoms with Gasteiger partial charge in [0, 0.05) is 11.8 Å². The van der Waals surface area contributed by atoms with Crippen LogP contribution in [0.15, 0.2) is 40.2 Å². The lowest BCUT2D eigenvalue weighted by molar-refractivity contribution is 0.509. The summed E-state index contributed by atoms with van der Waals surface area (Å²) in [5.41, 5.74) is 2.03. The summed E-state index contributed by atoms with van der Waals surface area (Å²) in [7, 11) is 0. The maximum Gasteiger partial charge on any atom is 0.177 e. The second-order valence-electron chi connectivity index (χ2n) is 5.48. The smallest absolute Gasteiger partial charge is 0.177 e. The molecular formula is C15H11ClN5O2S3-. The van der Waals surface area contributed by atoms with Crippen molar-refractivity contribution < 1.29 is 8.76 Å². The van der Waals surface area contributed by atoms with E-state index in [9.17, 15) is 8.76 Å². The number of hydrogen-bond donors (Lipinski definition) is 0. The molecule has 1 aromatic carbocycles. The van der Waals surface area contributed by atoms with Crippen molar-refractivity contribution in [1.82, 2.24) is 24.5 Å². The third-order valence-corrected chi connectivity index (χ3v) is 7.06. The summed E-state index contributed by atoms with van der Waals surface area (Å²) >= 11 is 6.87. The van der Waals surface area contributed by atoms with Gasteiger partial charge in [-0.05, 0) is 23.9 Å². The number of halogens is 1. The molecule has 7 nitrogen and oxygen atoms in total. The van der Waals surface area contributed by atoms with E-state index in [2.05, 4.69) is 19.9 Å². The summed E-state index contributed by atoms with van der Waals surface area (Å²) in [5, 5.41) is 0.695. The molecule has 0 aliphatic heterocycles. The van der Waals surface area contributed by atoms with E-state index in [-0.39, 0.29) is 6.54 Å². The highest BCUT2D eigenvalue weighted by atomic mass is 35.5. The van der Waals surface area contributed by atoms with Crippen LogP contribution >= 0.6 is 34.7 Å². The van der Waals surface area contributed by atoms with Crippen molar-refractivity contribution in [3.8, 4) is 0 Å². The number of fused-ring (bicyclic) bond motifs is 2. The van der Waals surface area contributed by atoms with Crippen LogP contribution in [0.3, 0.4) is 0 Å². The Balaban J connectivity index is 1.77. The standard InChI is InChI=1S/C15H12ClN5O2S3/c1-8(26(22)23)6-21-13-11(5-17-7-18-13)19-14(21)25-15-20-10-4-2-3-9(16)12(10)24-15/h2-5,7-8H,6H2,1H3,(H,22,23)/p-1. The van der Waals surface area contributed by atoms with Crippen molar-refractivity contribution in [2.75, 3.05) is 0 Å². The first-order valence-corrected chi connectivity index (χ1v) is 10.6. The topological polar surface area (TPSA) is 96.6 Å². The lowest BCUT2D eigenvalue weighted by Gasteiger charge is -2.16. The molecule has 0 bridgehead atoms. The Labute approximate surface area is 164 Å². The minimum atomic E-state index is -2.19. The van der Waals surface area contributed by atoms with Crippen LogP contribution in [0.1, 0.15) is 6.92 Å². The fourth-order valence-corrected chi connectivity index (χ4v) is 5.05. The van der Waals surface area contributed by atoms with Gasteiger partial charge in [0.25, 0.3) is 0 Å².